The molecule has 1 aliphatic heterocycles. The van der Waals surface area contributed by atoms with Gasteiger partial charge in [-0.15, -0.1) is 10.2 Å². The fraction of sp³-hybridized carbons (Fsp3) is 0.350. The zero-order valence-electron chi connectivity index (χ0n) is 16.3. The first-order valence-corrected chi connectivity index (χ1v) is 8.79. The minimum atomic E-state index is -0.461. The highest BCUT2D eigenvalue weighted by atomic mass is 19.1. The highest BCUT2D eigenvalue weighted by molar-refractivity contribution is 5.82. The van der Waals surface area contributed by atoms with Gasteiger partial charge in [0.05, 0.1) is 24.0 Å². The first-order valence-electron chi connectivity index (χ1n) is 8.79. The lowest BCUT2D eigenvalue weighted by molar-refractivity contribution is 0.399. The maximum atomic E-state index is 15.3. The predicted octanol–water partition coefficient (Wildman–Crippen LogP) is 4.06. The average Bonchev–Trinajstić information content (AvgIpc) is 2.97. The molecule has 0 amide bonds. The average molecular weight is 367 g/mol. The summed E-state index contributed by atoms with van der Waals surface area (Å²) in [6.07, 6.45) is 1.71. The second-order valence-corrected chi connectivity index (χ2v) is 7.48. The van der Waals surface area contributed by atoms with Crippen molar-refractivity contribution in [1.29, 1.82) is 0 Å². The number of hydrogen-bond donors (Lipinski definition) is 1. The smallest absolute Gasteiger partial charge is 0.221 e. The van der Waals surface area contributed by atoms with Crippen LogP contribution in [0.4, 0.5) is 10.1 Å². The number of nitrogens with zero attached hydrogens (tertiary/aromatic N) is 4. The lowest BCUT2D eigenvalue weighted by atomic mass is 9.93. The van der Waals surface area contributed by atoms with E-state index >= 15 is 4.39 Å². The molecule has 0 saturated heterocycles. The van der Waals surface area contributed by atoms with Crippen LogP contribution in [0.15, 0.2) is 18.3 Å². The van der Waals surface area contributed by atoms with Crippen LogP contribution in [0.3, 0.4) is 0 Å². The van der Waals surface area contributed by atoms with Crippen LogP contribution in [-0.2, 0) is 5.54 Å². The molecule has 4 rings (SSSR count). The maximum Gasteiger partial charge on any atom is 0.221 e. The number of ether oxygens (including phenoxy) is 1. The van der Waals surface area contributed by atoms with Crippen LogP contribution in [0.5, 0.6) is 5.88 Å². The molecule has 0 radical (unpaired) electrons. The van der Waals surface area contributed by atoms with E-state index in [1.54, 1.807) is 13.3 Å². The van der Waals surface area contributed by atoms with Gasteiger partial charge >= 0.3 is 0 Å². The van der Waals surface area contributed by atoms with Crippen LogP contribution < -0.4 is 10.1 Å². The number of aryl methyl sites for hydroxylation is 2. The number of methoxy groups -OCH3 is 1. The van der Waals surface area contributed by atoms with E-state index in [1.807, 2.05) is 45.3 Å². The van der Waals surface area contributed by atoms with Crippen molar-refractivity contribution < 1.29 is 9.13 Å². The first kappa shape index (κ1) is 17.5. The summed E-state index contributed by atoms with van der Waals surface area (Å²) < 4.78 is 22.7. The van der Waals surface area contributed by atoms with Gasteiger partial charge in [0.15, 0.2) is 5.82 Å². The molecule has 0 aliphatic carbocycles. The number of hydrogen-bond acceptors (Lipinski definition) is 5. The van der Waals surface area contributed by atoms with Crippen LogP contribution in [0.1, 0.15) is 36.6 Å². The Morgan fingerprint density at radius 1 is 1.15 bits per heavy atom. The molecule has 1 N–H and O–H groups in total. The number of fused-ring (bicyclic) bond motifs is 3. The Morgan fingerprint density at radius 3 is 2.59 bits per heavy atom. The van der Waals surface area contributed by atoms with Gasteiger partial charge in [-0.3, -0.25) is 4.57 Å². The molecule has 3 heterocycles. The lowest BCUT2D eigenvalue weighted by Crippen LogP contribution is -2.36. The Morgan fingerprint density at radius 2 is 1.89 bits per heavy atom. The number of pyridine rings is 1. The molecule has 6 nitrogen and oxygen atoms in total. The molecule has 0 saturated carbocycles. The van der Waals surface area contributed by atoms with E-state index in [0.717, 1.165) is 28.5 Å². The predicted molar refractivity (Wildman–Crippen MR) is 102 cm³/mol. The van der Waals surface area contributed by atoms with E-state index in [2.05, 4.69) is 20.5 Å². The molecule has 3 aromatic rings. The topological polar surface area (TPSA) is 64.9 Å². The van der Waals surface area contributed by atoms with Crippen molar-refractivity contribution in [2.24, 2.45) is 0 Å². The zero-order valence-corrected chi connectivity index (χ0v) is 16.3. The van der Waals surface area contributed by atoms with Gasteiger partial charge in [0.2, 0.25) is 5.88 Å². The lowest BCUT2D eigenvalue weighted by Gasteiger charge is -2.35. The molecule has 0 atom stereocenters. The SMILES string of the molecule is COc1ncc(C)cc1-c1c(F)cc2c(c1C)-n1c(C)nnc1C(C)(C)N2. The Balaban J connectivity index is 2.06. The van der Waals surface area contributed by atoms with Crippen LogP contribution in [0, 0.1) is 26.6 Å². The Hall–Kier alpha value is -2.96. The number of aromatic nitrogens is 4. The van der Waals surface area contributed by atoms with Crippen LogP contribution >= 0.6 is 0 Å². The normalized spacial score (nSPS) is 14.3. The Kier molecular flexibility index (Phi) is 3.73. The quantitative estimate of drug-likeness (QED) is 0.740. The highest BCUT2D eigenvalue weighted by Gasteiger charge is 2.36. The van der Waals surface area contributed by atoms with Crippen molar-refractivity contribution in [2.45, 2.75) is 40.2 Å². The molecular weight excluding hydrogens is 345 g/mol. The minimum absolute atomic E-state index is 0.325. The molecule has 140 valence electrons. The van der Waals surface area contributed by atoms with Crippen LogP contribution in [-0.4, -0.2) is 26.9 Å². The summed E-state index contributed by atoms with van der Waals surface area (Å²) in [5.41, 5.74) is 3.93. The monoisotopic (exact) mass is 367 g/mol. The Bertz CT molecular complexity index is 1070. The number of benzene rings is 1. The molecule has 2 aromatic heterocycles. The third kappa shape index (κ3) is 2.49. The van der Waals surface area contributed by atoms with Gasteiger partial charge in [-0.1, -0.05) is 0 Å². The second-order valence-electron chi connectivity index (χ2n) is 7.48. The first-order chi connectivity index (χ1) is 12.7. The third-order valence-electron chi connectivity index (χ3n) is 5.00. The van der Waals surface area contributed by atoms with Gasteiger partial charge in [-0.25, -0.2) is 9.37 Å². The van der Waals surface area contributed by atoms with E-state index in [9.17, 15) is 0 Å². The molecular formula is C20H22FN5O. The summed E-state index contributed by atoms with van der Waals surface area (Å²) in [6, 6.07) is 3.42. The van der Waals surface area contributed by atoms with E-state index in [1.165, 1.54) is 6.07 Å². The molecule has 1 aromatic carbocycles. The number of anilines is 1. The largest absolute Gasteiger partial charge is 0.481 e. The molecule has 0 unspecified atom stereocenters. The summed E-state index contributed by atoms with van der Waals surface area (Å²) >= 11 is 0. The highest BCUT2D eigenvalue weighted by Crippen LogP contribution is 2.44. The van der Waals surface area contributed by atoms with E-state index < -0.39 is 5.54 Å². The summed E-state index contributed by atoms with van der Waals surface area (Å²) in [4.78, 5) is 4.31. The zero-order chi connectivity index (χ0) is 19.5. The van der Waals surface area contributed by atoms with Crippen LogP contribution in [0.2, 0.25) is 0 Å². The van der Waals surface area contributed by atoms with Crippen molar-refractivity contribution in [2.75, 3.05) is 12.4 Å². The van der Waals surface area contributed by atoms with Crippen molar-refractivity contribution in [1.82, 2.24) is 19.7 Å². The third-order valence-corrected chi connectivity index (χ3v) is 5.00. The maximum absolute atomic E-state index is 15.3. The van der Waals surface area contributed by atoms with E-state index in [-0.39, 0.29) is 5.82 Å². The van der Waals surface area contributed by atoms with Crippen molar-refractivity contribution in [3.8, 4) is 22.7 Å². The second kappa shape index (κ2) is 5.77. The van der Waals surface area contributed by atoms with Gasteiger partial charge in [0, 0.05) is 17.3 Å². The van der Waals surface area contributed by atoms with Crippen molar-refractivity contribution in [3.63, 3.8) is 0 Å². The summed E-state index contributed by atoms with van der Waals surface area (Å²) in [5, 5.41) is 12.0. The summed E-state index contributed by atoms with van der Waals surface area (Å²) in [5.74, 6) is 1.63. The molecule has 27 heavy (non-hydrogen) atoms. The molecule has 0 bridgehead atoms. The fourth-order valence-electron chi connectivity index (χ4n) is 3.81. The minimum Gasteiger partial charge on any atom is -0.481 e. The van der Waals surface area contributed by atoms with Gasteiger partial charge in [-0.2, -0.15) is 0 Å². The fourth-order valence-corrected chi connectivity index (χ4v) is 3.81. The molecule has 0 fully saturated rings. The van der Waals surface area contributed by atoms with E-state index in [4.69, 9.17) is 4.74 Å². The Labute approximate surface area is 157 Å². The number of rotatable bonds is 2. The van der Waals surface area contributed by atoms with Crippen LogP contribution in [0.25, 0.3) is 16.8 Å². The summed E-state index contributed by atoms with van der Waals surface area (Å²) in [7, 11) is 1.54. The van der Waals surface area contributed by atoms with Gasteiger partial charge in [0.25, 0.3) is 0 Å². The van der Waals surface area contributed by atoms with Gasteiger partial charge in [-0.05, 0) is 57.9 Å². The number of nitrogens with one attached hydrogen (secondary N) is 1. The summed E-state index contributed by atoms with van der Waals surface area (Å²) in [6.45, 7) is 9.74. The van der Waals surface area contributed by atoms with Crippen molar-refractivity contribution in [3.05, 3.63) is 46.9 Å². The van der Waals surface area contributed by atoms with E-state index in [0.29, 0.717) is 22.7 Å². The number of halogens is 1. The van der Waals surface area contributed by atoms with Crippen molar-refractivity contribution >= 4 is 5.69 Å². The molecule has 1 aliphatic rings. The standard InChI is InChI=1S/C20H22FN5O/c1-10-7-13(18(27-6)22-9-10)16-11(2)17-15(8-14(16)21)23-20(4,5)19-25-24-12(3)26(17)19/h7-9,23H,1-6H3. The van der Waals surface area contributed by atoms with Gasteiger partial charge < -0.3 is 10.1 Å². The molecule has 7 heteroatoms. The molecule has 0 spiro atoms. The van der Waals surface area contributed by atoms with Gasteiger partial charge in [0.1, 0.15) is 11.6 Å².